The predicted octanol–water partition coefficient (Wildman–Crippen LogP) is 2.14. The third-order valence-corrected chi connectivity index (χ3v) is 5.46. The Morgan fingerprint density at radius 2 is 1.70 bits per heavy atom. The summed E-state index contributed by atoms with van der Waals surface area (Å²) in [5.74, 6) is 0. The normalized spacial score (nSPS) is 19.2. The van der Waals surface area contributed by atoms with Gasteiger partial charge in [-0.05, 0) is 45.0 Å². The first kappa shape index (κ1) is 17.6. The summed E-state index contributed by atoms with van der Waals surface area (Å²) in [6.07, 6.45) is -0.374. The third-order valence-electron chi connectivity index (χ3n) is 3.45. The number of hydrogen-bond donors (Lipinski definition) is 2. The number of carbonyl (C=O) groups excluding carboxylic acids is 1. The zero-order valence-electron chi connectivity index (χ0n) is 13.7. The van der Waals surface area contributed by atoms with E-state index in [1.165, 1.54) is 0 Å². The van der Waals surface area contributed by atoms with Crippen LogP contribution >= 0.6 is 0 Å². The summed E-state index contributed by atoms with van der Waals surface area (Å²) in [6.45, 7) is 6.97. The minimum absolute atomic E-state index is 0.367. The van der Waals surface area contributed by atoms with Crippen LogP contribution in [0.1, 0.15) is 20.8 Å². The Kier molecular flexibility index (Phi) is 4.86. The van der Waals surface area contributed by atoms with Crippen LogP contribution in [0.3, 0.4) is 0 Å². The number of anilines is 1. The van der Waals surface area contributed by atoms with Crippen LogP contribution in [0.4, 0.5) is 10.5 Å². The van der Waals surface area contributed by atoms with Crippen molar-refractivity contribution >= 4 is 21.7 Å². The molecule has 0 aliphatic carbocycles. The molecule has 0 aromatic heterocycles. The summed E-state index contributed by atoms with van der Waals surface area (Å²) in [6, 6.07) is 6.51. The Balaban J connectivity index is 2.01. The van der Waals surface area contributed by atoms with Gasteiger partial charge in [-0.1, -0.05) is 0 Å². The van der Waals surface area contributed by atoms with E-state index in [4.69, 9.17) is 15.3 Å². The second kappa shape index (κ2) is 6.37. The molecule has 1 unspecified atom stereocenters. The van der Waals surface area contributed by atoms with Crippen LogP contribution in [0.15, 0.2) is 29.2 Å². The minimum Gasteiger partial charge on any atom is -0.444 e. The average Bonchev–Trinajstić information content (AvgIpc) is 2.46. The first-order valence-corrected chi connectivity index (χ1v) is 8.98. The van der Waals surface area contributed by atoms with Crippen LogP contribution in [0.2, 0.25) is 0 Å². The lowest BCUT2D eigenvalue weighted by Crippen LogP contribution is -2.51. The molecule has 1 aromatic carbocycles. The zero-order valence-corrected chi connectivity index (χ0v) is 14.6. The highest BCUT2D eigenvalue weighted by Crippen LogP contribution is 2.20. The number of rotatable bonds is 2. The molecule has 1 fully saturated rings. The van der Waals surface area contributed by atoms with Gasteiger partial charge in [-0.2, -0.15) is 0 Å². The molecule has 1 heterocycles. The van der Waals surface area contributed by atoms with Gasteiger partial charge >= 0.3 is 6.09 Å². The molecule has 23 heavy (non-hydrogen) atoms. The molecule has 0 spiro atoms. The van der Waals surface area contributed by atoms with Gasteiger partial charge in [-0.25, -0.2) is 18.1 Å². The quantitative estimate of drug-likeness (QED) is 0.806. The van der Waals surface area contributed by atoms with Gasteiger partial charge in [0.1, 0.15) is 15.5 Å². The zero-order chi connectivity index (χ0) is 17.3. The van der Waals surface area contributed by atoms with Gasteiger partial charge in [-0.3, -0.25) is 0 Å². The van der Waals surface area contributed by atoms with Gasteiger partial charge in [0.2, 0.25) is 0 Å². The number of nitrogen functional groups attached to an aromatic ring is 1. The molecule has 128 valence electrons. The van der Waals surface area contributed by atoms with Crippen LogP contribution in [0.5, 0.6) is 0 Å². The molecular weight excluding hydrogens is 316 g/mol. The van der Waals surface area contributed by atoms with E-state index in [9.17, 15) is 9.00 Å². The standard InChI is InChI=1S/C15H24N4O3S/c1-15(2,3)22-14(20)18-8-10-19(11-9-18)23(17,21)13-6-4-12(16)5-7-13/h4-7,17H,8-11,16H2,1-3H3. The van der Waals surface area contributed by atoms with Crippen molar-refractivity contribution in [2.45, 2.75) is 31.3 Å². The van der Waals surface area contributed by atoms with Gasteiger partial charge in [-0.15, -0.1) is 0 Å². The number of nitrogens with zero attached hydrogens (tertiary/aromatic N) is 2. The number of nitrogens with one attached hydrogen (secondary N) is 1. The molecule has 1 aliphatic rings. The van der Waals surface area contributed by atoms with Crippen molar-refractivity contribution in [3.63, 3.8) is 0 Å². The Bertz CT molecular complexity index is 657. The van der Waals surface area contributed by atoms with Crippen LogP contribution < -0.4 is 5.73 Å². The van der Waals surface area contributed by atoms with Crippen LogP contribution in [-0.2, 0) is 14.7 Å². The second-order valence-corrected chi connectivity index (χ2v) is 8.53. The Labute approximate surface area is 137 Å². The molecule has 3 N–H and O–H groups in total. The molecule has 2 rings (SSSR count). The van der Waals surface area contributed by atoms with E-state index in [0.29, 0.717) is 36.8 Å². The van der Waals surface area contributed by atoms with Crippen molar-refractivity contribution < 1.29 is 13.7 Å². The molecule has 0 radical (unpaired) electrons. The number of amides is 1. The van der Waals surface area contributed by atoms with E-state index in [1.807, 2.05) is 20.8 Å². The van der Waals surface area contributed by atoms with E-state index in [0.717, 1.165) is 0 Å². The van der Waals surface area contributed by atoms with Crippen LogP contribution in [0.25, 0.3) is 0 Å². The predicted molar refractivity (Wildman–Crippen MR) is 89.4 cm³/mol. The lowest BCUT2D eigenvalue weighted by Gasteiger charge is -2.36. The summed E-state index contributed by atoms with van der Waals surface area (Å²) >= 11 is 0. The number of ether oxygens (including phenoxy) is 1. The number of carbonyl (C=O) groups is 1. The molecule has 1 aliphatic heterocycles. The highest BCUT2D eigenvalue weighted by Gasteiger charge is 2.30. The van der Waals surface area contributed by atoms with Crippen molar-refractivity contribution in [2.24, 2.45) is 0 Å². The van der Waals surface area contributed by atoms with Crippen molar-refractivity contribution in [3.8, 4) is 0 Å². The van der Waals surface area contributed by atoms with Gasteiger partial charge < -0.3 is 15.4 Å². The molecule has 1 atom stereocenters. The summed E-state index contributed by atoms with van der Waals surface area (Å²) in [5.41, 5.74) is 5.65. The first-order valence-electron chi connectivity index (χ1n) is 7.47. The molecule has 1 saturated heterocycles. The Hall–Kier alpha value is -1.80. The SMILES string of the molecule is CC(C)(C)OC(=O)N1CCN(S(=N)(=O)c2ccc(N)cc2)CC1. The third kappa shape index (κ3) is 4.35. The fourth-order valence-electron chi connectivity index (χ4n) is 2.26. The summed E-state index contributed by atoms with van der Waals surface area (Å²) in [7, 11) is -3.06. The fourth-order valence-corrected chi connectivity index (χ4v) is 3.74. The summed E-state index contributed by atoms with van der Waals surface area (Å²) in [4.78, 5) is 14.0. The topological polar surface area (TPSA) is 99.7 Å². The largest absolute Gasteiger partial charge is 0.444 e. The molecule has 1 aromatic rings. The number of hydrogen-bond acceptors (Lipinski definition) is 5. The maximum absolute atomic E-state index is 12.8. The molecule has 8 heteroatoms. The van der Waals surface area contributed by atoms with Crippen molar-refractivity contribution in [3.05, 3.63) is 24.3 Å². The summed E-state index contributed by atoms with van der Waals surface area (Å²) < 4.78 is 27.9. The van der Waals surface area contributed by atoms with Gasteiger partial charge in [0, 0.05) is 31.9 Å². The maximum atomic E-state index is 12.8. The lowest BCUT2D eigenvalue weighted by atomic mass is 10.2. The van der Waals surface area contributed by atoms with E-state index in [2.05, 4.69) is 0 Å². The smallest absolute Gasteiger partial charge is 0.410 e. The van der Waals surface area contributed by atoms with Gasteiger partial charge in [0.25, 0.3) is 0 Å². The van der Waals surface area contributed by atoms with Crippen molar-refractivity contribution in [1.82, 2.24) is 9.21 Å². The van der Waals surface area contributed by atoms with E-state index in [1.54, 1.807) is 33.5 Å². The highest BCUT2D eigenvalue weighted by atomic mass is 32.2. The lowest BCUT2D eigenvalue weighted by molar-refractivity contribution is 0.0194. The number of benzene rings is 1. The minimum atomic E-state index is -3.06. The molecule has 1 amide bonds. The van der Waals surface area contributed by atoms with Gasteiger partial charge in [0.05, 0.1) is 4.90 Å². The molecule has 0 bridgehead atoms. The van der Waals surface area contributed by atoms with Crippen LogP contribution in [-0.4, -0.2) is 51.3 Å². The first-order chi connectivity index (χ1) is 10.6. The Morgan fingerprint density at radius 1 is 1.17 bits per heavy atom. The van der Waals surface area contributed by atoms with E-state index < -0.39 is 15.5 Å². The second-order valence-electron chi connectivity index (χ2n) is 6.49. The highest BCUT2D eigenvalue weighted by molar-refractivity contribution is 7.90. The number of nitrogens with two attached hydrogens (primary N) is 1. The monoisotopic (exact) mass is 340 g/mol. The molecular formula is C15H24N4O3S. The maximum Gasteiger partial charge on any atom is 0.410 e. The van der Waals surface area contributed by atoms with E-state index in [-0.39, 0.29) is 6.09 Å². The fraction of sp³-hybridized carbons (Fsp3) is 0.533. The van der Waals surface area contributed by atoms with E-state index >= 15 is 0 Å². The number of piperazine rings is 1. The van der Waals surface area contributed by atoms with Crippen LogP contribution in [0, 0.1) is 4.78 Å². The van der Waals surface area contributed by atoms with Crippen molar-refractivity contribution in [1.29, 1.82) is 4.78 Å². The average molecular weight is 340 g/mol. The molecule has 7 nitrogen and oxygen atoms in total. The van der Waals surface area contributed by atoms with Crippen molar-refractivity contribution in [2.75, 3.05) is 31.9 Å². The van der Waals surface area contributed by atoms with Gasteiger partial charge in [0.15, 0.2) is 0 Å². The molecule has 0 saturated carbocycles. The Morgan fingerprint density at radius 3 is 2.17 bits per heavy atom. The summed E-state index contributed by atoms with van der Waals surface area (Å²) in [5, 5.41) is 0.